The fourth-order valence-corrected chi connectivity index (χ4v) is 2.31. The predicted octanol–water partition coefficient (Wildman–Crippen LogP) is 1.44. The number of rotatable bonds is 9. The van der Waals surface area contributed by atoms with Gasteiger partial charge >= 0.3 is 0 Å². The quantitative estimate of drug-likeness (QED) is 0.601. The molecule has 1 fully saturated rings. The Balaban J connectivity index is 2.01. The highest BCUT2D eigenvalue weighted by Gasteiger charge is 2.37. The fraction of sp³-hybridized carbons (Fsp3) is 0.923. The van der Waals surface area contributed by atoms with E-state index in [0.717, 1.165) is 45.3 Å². The maximum absolute atomic E-state index is 11.7. The van der Waals surface area contributed by atoms with Gasteiger partial charge in [0.05, 0.1) is 0 Å². The third-order valence-corrected chi connectivity index (χ3v) is 3.73. The van der Waals surface area contributed by atoms with Gasteiger partial charge in [0.25, 0.3) is 0 Å². The van der Waals surface area contributed by atoms with Crippen LogP contribution in [0.3, 0.4) is 0 Å². The summed E-state index contributed by atoms with van der Waals surface area (Å²) >= 11 is 0. The SMILES string of the molecule is COCCCCCNC(=O)CC1(CN)CCC1. The van der Waals surface area contributed by atoms with Crippen LogP contribution in [-0.4, -0.2) is 32.7 Å². The minimum absolute atomic E-state index is 0.125. The van der Waals surface area contributed by atoms with Crippen LogP contribution in [0.4, 0.5) is 0 Å². The second kappa shape index (κ2) is 7.67. The molecule has 1 saturated carbocycles. The van der Waals surface area contributed by atoms with Gasteiger partial charge in [0, 0.05) is 26.7 Å². The van der Waals surface area contributed by atoms with E-state index >= 15 is 0 Å². The van der Waals surface area contributed by atoms with Crippen LogP contribution in [0.1, 0.15) is 44.9 Å². The van der Waals surface area contributed by atoms with Gasteiger partial charge in [-0.05, 0) is 44.1 Å². The summed E-state index contributed by atoms with van der Waals surface area (Å²) in [6.07, 6.45) is 7.28. The molecule has 100 valence electrons. The highest BCUT2D eigenvalue weighted by atomic mass is 16.5. The summed E-state index contributed by atoms with van der Waals surface area (Å²) in [7, 11) is 1.71. The summed E-state index contributed by atoms with van der Waals surface area (Å²) in [4.78, 5) is 11.7. The zero-order valence-electron chi connectivity index (χ0n) is 11.0. The number of methoxy groups -OCH3 is 1. The molecule has 3 N–H and O–H groups in total. The van der Waals surface area contributed by atoms with Crippen LogP contribution in [-0.2, 0) is 9.53 Å². The number of ether oxygens (including phenoxy) is 1. The Hall–Kier alpha value is -0.610. The number of amides is 1. The zero-order valence-corrected chi connectivity index (χ0v) is 11.0. The van der Waals surface area contributed by atoms with E-state index in [4.69, 9.17) is 10.5 Å². The van der Waals surface area contributed by atoms with Crippen molar-refractivity contribution < 1.29 is 9.53 Å². The molecule has 1 aliphatic rings. The van der Waals surface area contributed by atoms with E-state index in [0.29, 0.717) is 13.0 Å². The van der Waals surface area contributed by atoms with Crippen molar-refractivity contribution in [2.24, 2.45) is 11.1 Å². The van der Waals surface area contributed by atoms with Crippen LogP contribution in [0.25, 0.3) is 0 Å². The van der Waals surface area contributed by atoms with E-state index in [2.05, 4.69) is 5.32 Å². The van der Waals surface area contributed by atoms with E-state index in [1.54, 1.807) is 7.11 Å². The Morgan fingerprint density at radius 3 is 2.65 bits per heavy atom. The number of carbonyl (C=O) groups excluding carboxylic acids is 1. The van der Waals surface area contributed by atoms with E-state index in [9.17, 15) is 4.79 Å². The summed E-state index contributed by atoms with van der Waals surface area (Å²) in [5, 5.41) is 2.98. The van der Waals surface area contributed by atoms with Crippen LogP contribution in [0, 0.1) is 5.41 Å². The molecule has 0 unspecified atom stereocenters. The lowest BCUT2D eigenvalue weighted by Gasteiger charge is -2.40. The molecule has 0 radical (unpaired) electrons. The number of carbonyl (C=O) groups is 1. The van der Waals surface area contributed by atoms with Gasteiger partial charge in [0.15, 0.2) is 0 Å². The maximum atomic E-state index is 11.7. The molecule has 0 atom stereocenters. The number of nitrogens with two attached hydrogens (primary N) is 1. The van der Waals surface area contributed by atoms with Gasteiger partial charge in [0.1, 0.15) is 0 Å². The van der Waals surface area contributed by atoms with Crippen molar-refractivity contribution in [1.82, 2.24) is 5.32 Å². The Bertz CT molecular complexity index is 222. The summed E-state index contributed by atoms with van der Waals surface area (Å²) in [6, 6.07) is 0. The molecule has 17 heavy (non-hydrogen) atoms. The lowest BCUT2D eigenvalue weighted by Crippen LogP contribution is -2.42. The van der Waals surface area contributed by atoms with Gasteiger partial charge in [-0.2, -0.15) is 0 Å². The Morgan fingerprint density at radius 2 is 2.12 bits per heavy atom. The molecule has 1 aliphatic carbocycles. The van der Waals surface area contributed by atoms with Crippen molar-refractivity contribution in [2.75, 3.05) is 26.8 Å². The number of hydrogen-bond acceptors (Lipinski definition) is 3. The zero-order chi connectivity index (χ0) is 12.6. The first kappa shape index (κ1) is 14.5. The Kier molecular flexibility index (Phi) is 6.52. The largest absolute Gasteiger partial charge is 0.385 e. The molecule has 0 saturated heterocycles. The molecule has 4 heteroatoms. The summed E-state index contributed by atoms with van der Waals surface area (Å²) < 4.78 is 4.97. The number of nitrogens with one attached hydrogen (secondary N) is 1. The standard InChI is InChI=1S/C13H26N2O2/c1-17-9-4-2-3-8-15-12(16)10-13(11-14)6-5-7-13/h2-11,14H2,1H3,(H,15,16). The Labute approximate surface area is 104 Å². The lowest BCUT2D eigenvalue weighted by atomic mass is 9.66. The second-order valence-corrected chi connectivity index (χ2v) is 5.14. The minimum atomic E-state index is 0.125. The lowest BCUT2D eigenvalue weighted by molar-refractivity contribution is -0.124. The average molecular weight is 242 g/mol. The second-order valence-electron chi connectivity index (χ2n) is 5.14. The van der Waals surface area contributed by atoms with Crippen molar-refractivity contribution in [3.8, 4) is 0 Å². The molecular weight excluding hydrogens is 216 g/mol. The average Bonchev–Trinajstić information content (AvgIpc) is 2.28. The van der Waals surface area contributed by atoms with E-state index in [1.807, 2.05) is 0 Å². The molecule has 0 spiro atoms. The molecular formula is C13H26N2O2. The number of hydrogen-bond donors (Lipinski definition) is 2. The van der Waals surface area contributed by atoms with Crippen LogP contribution in [0.15, 0.2) is 0 Å². The van der Waals surface area contributed by atoms with Crippen molar-refractivity contribution in [3.05, 3.63) is 0 Å². The molecule has 1 rings (SSSR count). The van der Waals surface area contributed by atoms with Gasteiger partial charge in [-0.25, -0.2) is 0 Å². The molecule has 0 aromatic rings. The van der Waals surface area contributed by atoms with Gasteiger partial charge < -0.3 is 15.8 Å². The topological polar surface area (TPSA) is 64.3 Å². The smallest absolute Gasteiger partial charge is 0.220 e. The van der Waals surface area contributed by atoms with Crippen LogP contribution < -0.4 is 11.1 Å². The minimum Gasteiger partial charge on any atom is -0.385 e. The van der Waals surface area contributed by atoms with Gasteiger partial charge in [-0.15, -0.1) is 0 Å². The van der Waals surface area contributed by atoms with Gasteiger partial charge in [0.2, 0.25) is 5.91 Å². The molecule has 0 aliphatic heterocycles. The first-order valence-electron chi connectivity index (χ1n) is 6.68. The van der Waals surface area contributed by atoms with E-state index < -0.39 is 0 Å². The van der Waals surface area contributed by atoms with Crippen molar-refractivity contribution >= 4 is 5.91 Å². The molecule has 1 amide bonds. The molecule has 4 nitrogen and oxygen atoms in total. The third-order valence-electron chi connectivity index (χ3n) is 3.73. The van der Waals surface area contributed by atoms with Gasteiger partial charge in [-0.3, -0.25) is 4.79 Å². The summed E-state index contributed by atoms with van der Waals surface area (Å²) in [5.74, 6) is 0.168. The first-order chi connectivity index (χ1) is 8.22. The van der Waals surface area contributed by atoms with Crippen molar-refractivity contribution in [3.63, 3.8) is 0 Å². The number of unbranched alkanes of at least 4 members (excludes halogenated alkanes) is 2. The van der Waals surface area contributed by atoms with E-state index in [1.165, 1.54) is 6.42 Å². The highest BCUT2D eigenvalue weighted by Crippen LogP contribution is 2.42. The van der Waals surface area contributed by atoms with Crippen LogP contribution in [0.2, 0.25) is 0 Å². The molecule has 0 bridgehead atoms. The first-order valence-corrected chi connectivity index (χ1v) is 6.68. The maximum Gasteiger partial charge on any atom is 0.220 e. The van der Waals surface area contributed by atoms with Crippen LogP contribution in [0.5, 0.6) is 0 Å². The molecule has 0 aromatic carbocycles. The molecule has 0 heterocycles. The normalized spacial score (nSPS) is 17.5. The van der Waals surface area contributed by atoms with Crippen molar-refractivity contribution in [1.29, 1.82) is 0 Å². The van der Waals surface area contributed by atoms with Gasteiger partial charge in [-0.1, -0.05) is 6.42 Å². The predicted molar refractivity (Wildman–Crippen MR) is 68.7 cm³/mol. The van der Waals surface area contributed by atoms with Crippen LogP contribution >= 0.6 is 0 Å². The summed E-state index contributed by atoms with van der Waals surface area (Å²) in [6.45, 7) is 2.24. The third kappa shape index (κ3) is 5.04. The Morgan fingerprint density at radius 1 is 1.35 bits per heavy atom. The van der Waals surface area contributed by atoms with E-state index in [-0.39, 0.29) is 11.3 Å². The highest BCUT2D eigenvalue weighted by molar-refractivity contribution is 5.76. The monoisotopic (exact) mass is 242 g/mol. The molecule has 0 aromatic heterocycles. The van der Waals surface area contributed by atoms with Crippen molar-refractivity contribution in [2.45, 2.75) is 44.9 Å². The summed E-state index contributed by atoms with van der Waals surface area (Å²) in [5.41, 5.74) is 5.86. The fourth-order valence-electron chi connectivity index (χ4n) is 2.31.